The molecule has 5 heteroatoms. The summed E-state index contributed by atoms with van der Waals surface area (Å²) in [6.45, 7) is 2.14. The molecule has 1 heterocycles. The monoisotopic (exact) mass is 351 g/mol. The van der Waals surface area contributed by atoms with E-state index in [0.717, 1.165) is 23.4 Å². The average Bonchev–Trinajstić information content (AvgIpc) is 3.10. The van der Waals surface area contributed by atoms with Crippen molar-refractivity contribution in [1.29, 1.82) is 0 Å². The maximum atomic E-state index is 12.5. The predicted molar refractivity (Wildman–Crippen MR) is 106 cm³/mol. The van der Waals surface area contributed by atoms with E-state index in [1.54, 1.807) is 6.07 Å². The number of hydrogen-bond donors (Lipinski definition) is 1. The van der Waals surface area contributed by atoms with Crippen molar-refractivity contribution in [2.45, 2.75) is 13.3 Å². The van der Waals surface area contributed by atoms with E-state index in [1.165, 1.54) is 16.9 Å². The van der Waals surface area contributed by atoms with E-state index < -0.39 is 0 Å². The molecule has 4 nitrogen and oxygen atoms in total. The Bertz CT molecular complexity index is 869. The number of carbonyl (C=O) groups excluding carboxylic acids is 1. The van der Waals surface area contributed by atoms with Gasteiger partial charge in [-0.05, 0) is 30.2 Å². The maximum Gasteiger partial charge on any atom is 0.257 e. The van der Waals surface area contributed by atoms with Crippen LogP contribution in [0.4, 0.5) is 10.8 Å². The molecule has 0 saturated heterocycles. The number of rotatable bonds is 5. The molecular formula is C20H21N3OS. The molecule has 3 aromatic rings. The van der Waals surface area contributed by atoms with Gasteiger partial charge in [-0.1, -0.05) is 37.3 Å². The molecule has 0 aliphatic carbocycles. The summed E-state index contributed by atoms with van der Waals surface area (Å²) in [5.74, 6) is -0.147. The van der Waals surface area contributed by atoms with Gasteiger partial charge in [0.25, 0.3) is 5.91 Å². The van der Waals surface area contributed by atoms with Crippen molar-refractivity contribution in [2.75, 3.05) is 24.3 Å². The number of anilines is 2. The number of aromatic nitrogens is 1. The van der Waals surface area contributed by atoms with E-state index in [4.69, 9.17) is 0 Å². The van der Waals surface area contributed by atoms with Gasteiger partial charge in [-0.3, -0.25) is 10.1 Å². The highest BCUT2D eigenvalue weighted by Crippen LogP contribution is 2.26. The predicted octanol–water partition coefficient (Wildman–Crippen LogP) is 4.69. The maximum absolute atomic E-state index is 12.5. The summed E-state index contributed by atoms with van der Waals surface area (Å²) in [4.78, 5) is 19.0. The number of carbonyl (C=O) groups is 1. The van der Waals surface area contributed by atoms with Crippen LogP contribution in [0.1, 0.15) is 22.8 Å². The third-order valence-corrected chi connectivity index (χ3v) is 4.77. The smallest absolute Gasteiger partial charge is 0.257 e. The van der Waals surface area contributed by atoms with E-state index >= 15 is 0 Å². The first kappa shape index (κ1) is 17.2. The Labute approximate surface area is 152 Å². The number of amides is 1. The summed E-state index contributed by atoms with van der Waals surface area (Å²) in [5, 5.41) is 5.46. The molecule has 128 valence electrons. The lowest BCUT2D eigenvalue weighted by Gasteiger charge is -2.13. The van der Waals surface area contributed by atoms with Crippen molar-refractivity contribution in [2.24, 2.45) is 0 Å². The molecule has 0 aliphatic rings. The first-order valence-corrected chi connectivity index (χ1v) is 9.08. The van der Waals surface area contributed by atoms with Crippen molar-refractivity contribution in [3.8, 4) is 11.3 Å². The third-order valence-electron chi connectivity index (χ3n) is 4.01. The van der Waals surface area contributed by atoms with Crippen molar-refractivity contribution in [1.82, 2.24) is 4.98 Å². The molecule has 1 N–H and O–H groups in total. The van der Waals surface area contributed by atoms with Crippen LogP contribution in [0.3, 0.4) is 0 Å². The second-order valence-corrected chi connectivity index (χ2v) is 6.85. The summed E-state index contributed by atoms with van der Waals surface area (Å²) in [5.41, 5.74) is 4.85. The lowest BCUT2D eigenvalue weighted by Crippen LogP contribution is -2.14. The molecule has 3 rings (SSSR count). The van der Waals surface area contributed by atoms with Gasteiger partial charge >= 0.3 is 0 Å². The van der Waals surface area contributed by atoms with Gasteiger partial charge in [0.15, 0.2) is 5.13 Å². The quantitative estimate of drug-likeness (QED) is 0.725. The zero-order chi connectivity index (χ0) is 17.8. The van der Waals surface area contributed by atoms with Gasteiger partial charge in [0.2, 0.25) is 0 Å². The van der Waals surface area contributed by atoms with Gasteiger partial charge in [-0.25, -0.2) is 4.98 Å². The highest BCUT2D eigenvalue weighted by molar-refractivity contribution is 7.14. The van der Waals surface area contributed by atoms with Gasteiger partial charge in [-0.2, -0.15) is 0 Å². The van der Waals surface area contributed by atoms with Crippen LogP contribution < -0.4 is 10.2 Å². The van der Waals surface area contributed by atoms with Gasteiger partial charge in [0.05, 0.1) is 5.69 Å². The first-order valence-electron chi connectivity index (χ1n) is 8.20. The molecule has 0 radical (unpaired) electrons. The minimum Gasteiger partial charge on any atom is -0.378 e. The first-order chi connectivity index (χ1) is 12.1. The number of nitrogens with zero attached hydrogens (tertiary/aromatic N) is 2. The number of hydrogen-bond acceptors (Lipinski definition) is 4. The molecule has 0 saturated carbocycles. The molecule has 0 aliphatic heterocycles. The molecule has 2 aromatic carbocycles. The fraction of sp³-hybridized carbons (Fsp3) is 0.200. The van der Waals surface area contributed by atoms with E-state index in [0.29, 0.717) is 10.7 Å². The Balaban J connectivity index is 1.74. The van der Waals surface area contributed by atoms with E-state index in [-0.39, 0.29) is 5.91 Å². The van der Waals surface area contributed by atoms with Crippen molar-refractivity contribution in [3.63, 3.8) is 0 Å². The molecule has 1 aromatic heterocycles. The van der Waals surface area contributed by atoms with Crippen LogP contribution in [0, 0.1) is 0 Å². The zero-order valence-electron chi connectivity index (χ0n) is 14.6. The highest BCUT2D eigenvalue weighted by atomic mass is 32.1. The Morgan fingerprint density at radius 2 is 1.92 bits per heavy atom. The van der Waals surface area contributed by atoms with Gasteiger partial charge < -0.3 is 4.90 Å². The number of thiazole rings is 1. The van der Waals surface area contributed by atoms with E-state index in [9.17, 15) is 4.79 Å². The molecule has 0 fully saturated rings. The van der Waals surface area contributed by atoms with Gasteiger partial charge in [-0.15, -0.1) is 11.3 Å². The molecule has 0 spiro atoms. The summed E-state index contributed by atoms with van der Waals surface area (Å²) in [6, 6.07) is 15.9. The fourth-order valence-electron chi connectivity index (χ4n) is 2.47. The van der Waals surface area contributed by atoms with E-state index in [1.807, 2.05) is 42.6 Å². The lowest BCUT2D eigenvalue weighted by atomic mass is 10.1. The topological polar surface area (TPSA) is 45.2 Å². The molecule has 1 amide bonds. The SMILES string of the molecule is CCc1ccc(-c2csc(NC(=O)c3cccc(N(C)C)c3)n2)cc1. The molecule has 25 heavy (non-hydrogen) atoms. The standard InChI is InChI=1S/C20H21N3OS/c1-4-14-8-10-15(11-9-14)18-13-25-20(21-18)22-19(24)16-6-5-7-17(12-16)23(2)3/h5-13H,4H2,1-3H3,(H,21,22,24). The molecular weight excluding hydrogens is 330 g/mol. The Morgan fingerprint density at radius 1 is 1.16 bits per heavy atom. The molecule has 0 unspecified atom stereocenters. The summed E-state index contributed by atoms with van der Waals surface area (Å²) in [7, 11) is 3.90. The average molecular weight is 351 g/mol. The van der Waals surface area contributed by atoms with Crippen LogP contribution in [0.2, 0.25) is 0 Å². The number of nitrogens with one attached hydrogen (secondary N) is 1. The van der Waals surface area contributed by atoms with Gasteiger partial charge in [0.1, 0.15) is 0 Å². The largest absolute Gasteiger partial charge is 0.378 e. The lowest BCUT2D eigenvalue weighted by molar-refractivity contribution is 0.102. The number of benzene rings is 2. The van der Waals surface area contributed by atoms with Crippen molar-refractivity contribution >= 4 is 28.1 Å². The van der Waals surface area contributed by atoms with Crippen molar-refractivity contribution in [3.05, 3.63) is 65.0 Å². The third kappa shape index (κ3) is 4.06. The Kier molecular flexibility index (Phi) is 5.14. The summed E-state index contributed by atoms with van der Waals surface area (Å²) < 4.78 is 0. The molecule has 0 bridgehead atoms. The summed E-state index contributed by atoms with van der Waals surface area (Å²) in [6.07, 6.45) is 1.02. The second kappa shape index (κ2) is 7.49. The molecule has 0 atom stereocenters. The second-order valence-electron chi connectivity index (χ2n) is 5.99. The number of aryl methyl sites for hydroxylation is 1. The van der Waals surface area contributed by atoms with Crippen LogP contribution >= 0.6 is 11.3 Å². The Morgan fingerprint density at radius 3 is 2.60 bits per heavy atom. The minimum atomic E-state index is -0.147. The summed E-state index contributed by atoms with van der Waals surface area (Å²) >= 11 is 1.43. The fourth-order valence-corrected chi connectivity index (χ4v) is 3.18. The van der Waals surface area contributed by atoms with Crippen LogP contribution in [0.5, 0.6) is 0 Å². The van der Waals surface area contributed by atoms with Crippen LogP contribution in [-0.4, -0.2) is 25.0 Å². The van der Waals surface area contributed by atoms with E-state index in [2.05, 4.69) is 41.5 Å². The van der Waals surface area contributed by atoms with Gasteiger partial charge in [0, 0.05) is 36.3 Å². The Hall–Kier alpha value is -2.66. The van der Waals surface area contributed by atoms with Crippen molar-refractivity contribution < 1.29 is 4.79 Å². The normalized spacial score (nSPS) is 10.5. The van der Waals surface area contributed by atoms with Crippen LogP contribution in [0.15, 0.2) is 53.9 Å². The highest BCUT2D eigenvalue weighted by Gasteiger charge is 2.11. The van der Waals surface area contributed by atoms with Crippen LogP contribution in [0.25, 0.3) is 11.3 Å². The zero-order valence-corrected chi connectivity index (χ0v) is 15.4. The minimum absolute atomic E-state index is 0.147. The van der Waals surface area contributed by atoms with Crippen LogP contribution in [-0.2, 0) is 6.42 Å².